The number of hydrogen-bond donors (Lipinski definition) is 2. The van der Waals surface area contributed by atoms with E-state index < -0.39 is 6.10 Å². The second kappa shape index (κ2) is 12.8. The molecule has 7 heteroatoms. The average molecular weight is 512 g/mol. The number of allylic oxidation sites excluding steroid dienone is 2. The number of ether oxygens (including phenoxy) is 2. The first-order chi connectivity index (χ1) is 14.1. The molecule has 0 aliphatic carbocycles. The van der Waals surface area contributed by atoms with Crippen LogP contribution >= 0.6 is 22.6 Å². The fourth-order valence-corrected chi connectivity index (χ4v) is 3.67. The standard InChI is InChI=1S/C22H29IN2O4/c1-28-15-18(8-5-6-11-23)22-20-9-4-3-7-17(20)10-12-25(22)21(27)14-24-13-19(26)16-29-2/h3-9,11,15,19,22,24,26H,10,12-14,16H2,1-2H3/b8-5-,11-6-,18-15-/t19-,22?/m0/s1. The Morgan fingerprint density at radius 1 is 1.38 bits per heavy atom. The maximum absolute atomic E-state index is 13.0. The molecule has 0 radical (unpaired) electrons. The van der Waals surface area contributed by atoms with Crippen LogP contribution in [0.3, 0.4) is 0 Å². The Kier molecular flexibility index (Phi) is 10.4. The first kappa shape index (κ1) is 23.6. The summed E-state index contributed by atoms with van der Waals surface area (Å²) >= 11 is 2.17. The van der Waals surface area contributed by atoms with Gasteiger partial charge < -0.3 is 24.8 Å². The number of nitrogens with one attached hydrogen (secondary N) is 1. The number of carbonyl (C=O) groups excluding carboxylic acids is 1. The van der Waals surface area contributed by atoms with Gasteiger partial charge in [-0.1, -0.05) is 65.1 Å². The molecule has 29 heavy (non-hydrogen) atoms. The summed E-state index contributed by atoms with van der Waals surface area (Å²) in [7, 11) is 3.15. The lowest BCUT2D eigenvalue weighted by atomic mass is 9.88. The van der Waals surface area contributed by atoms with E-state index in [0.717, 1.165) is 17.6 Å². The summed E-state index contributed by atoms with van der Waals surface area (Å²) < 4.78 is 12.2. The van der Waals surface area contributed by atoms with Crippen LogP contribution in [0.25, 0.3) is 0 Å². The molecule has 2 rings (SSSR count). The van der Waals surface area contributed by atoms with Crippen molar-refractivity contribution in [1.29, 1.82) is 0 Å². The molecule has 1 aromatic carbocycles. The van der Waals surface area contributed by atoms with E-state index in [1.807, 2.05) is 39.3 Å². The molecule has 6 nitrogen and oxygen atoms in total. The number of aliphatic hydroxyl groups excluding tert-OH is 1. The molecule has 1 heterocycles. The summed E-state index contributed by atoms with van der Waals surface area (Å²) in [4.78, 5) is 14.9. The van der Waals surface area contributed by atoms with E-state index >= 15 is 0 Å². The third-order valence-corrected chi connectivity index (χ3v) is 5.08. The third-order valence-electron chi connectivity index (χ3n) is 4.66. The number of hydrogen-bond acceptors (Lipinski definition) is 5. The van der Waals surface area contributed by atoms with E-state index in [2.05, 4.69) is 40.0 Å². The molecule has 2 atom stereocenters. The van der Waals surface area contributed by atoms with Crippen LogP contribution in [0, 0.1) is 0 Å². The first-order valence-corrected chi connectivity index (χ1v) is 10.8. The largest absolute Gasteiger partial charge is 0.504 e. The van der Waals surface area contributed by atoms with Crippen LogP contribution in [-0.2, 0) is 20.7 Å². The molecular formula is C22H29IN2O4. The Hall–Kier alpha value is -1.68. The van der Waals surface area contributed by atoms with E-state index in [9.17, 15) is 9.90 Å². The summed E-state index contributed by atoms with van der Waals surface area (Å²) in [6.45, 7) is 1.31. The van der Waals surface area contributed by atoms with Gasteiger partial charge in [-0.2, -0.15) is 0 Å². The van der Waals surface area contributed by atoms with E-state index in [0.29, 0.717) is 13.1 Å². The van der Waals surface area contributed by atoms with Gasteiger partial charge in [0.25, 0.3) is 0 Å². The number of aliphatic hydroxyl groups is 1. The van der Waals surface area contributed by atoms with Gasteiger partial charge in [0.05, 0.1) is 38.7 Å². The molecule has 1 amide bonds. The lowest BCUT2D eigenvalue weighted by molar-refractivity contribution is -0.132. The molecule has 0 spiro atoms. The van der Waals surface area contributed by atoms with Gasteiger partial charge in [-0.25, -0.2) is 0 Å². The van der Waals surface area contributed by atoms with Crippen LogP contribution in [0.15, 0.2) is 58.4 Å². The summed E-state index contributed by atoms with van der Waals surface area (Å²) in [5.41, 5.74) is 3.25. The molecule has 2 N–H and O–H groups in total. The summed E-state index contributed by atoms with van der Waals surface area (Å²) in [5, 5.41) is 12.8. The molecule has 158 valence electrons. The highest BCUT2D eigenvalue weighted by Gasteiger charge is 2.32. The molecule has 0 saturated carbocycles. The van der Waals surface area contributed by atoms with Gasteiger partial charge in [-0.05, 0) is 21.6 Å². The van der Waals surface area contributed by atoms with E-state index in [1.54, 1.807) is 13.4 Å². The summed E-state index contributed by atoms with van der Waals surface area (Å²) in [6, 6.07) is 7.98. The minimum atomic E-state index is -0.641. The van der Waals surface area contributed by atoms with Gasteiger partial charge in [-0.15, -0.1) is 0 Å². The molecule has 1 aromatic rings. The zero-order valence-corrected chi connectivity index (χ0v) is 19.0. The van der Waals surface area contributed by atoms with E-state index in [-0.39, 0.29) is 25.1 Å². The second-order valence-electron chi connectivity index (χ2n) is 6.71. The molecule has 1 aliphatic rings. The Morgan fingerprint density at radius 3 is 2.90 bits per heavy atom. The number of nitrogens with zero attached hydrogens (tertiary/aromatic N) is 1. The van der Waals surface area contributed by atoms with Gasteiger partial charge in [0.15, 0.2) is 0 Å². The maximum Gasteiger partial charge on any atom is 0.237 e. The average Bonchev–Trinajstić information content (AvgIpc) is 2.72. The summed E-state index contributed by atoms with van der Waals surface area (Å²) in [6.07, 6.45) is 7.71. The van der Waals surface area contributed by atoms with Crippen molar-refractivity contribution in [2.75, 3.05) is 40.5 Å². The minimum absolute atomic E-state index is 0.0195. The van der Waals surface area contributed by atoms with Gasteiger partial charge in [-0.3, -0.25) is 4.79 Å². The maximum atomic E-state index is 13.0. The van der Waals surface area contributed by atoms with Crippen LogP contribution in [0.2, 0.25) is 0 Å². The fourth-order valence-electron chi connectivity index (χ4n) is 3.43. The number of amides is 1. The molecule has 0 fully saturated rings. The van der Waals surface area contributed by atoms with Crippen molar-refractivity contribution in [2.24, 2.45) is 0 Å². The van der Waals surface area contributed by atoms with Crippen LogP contribution in [0.5, 0.6) is 0 Å². The number of methoxy groups -OCH3 is 2. The highest BCUT2D eigenvalue weighted by Crippen LogP contribution is 2.35. The van der Waals surface area contributed by atoms with Crippen molar-refractivity contribution in [3.63, 3.8) is 0 Å². The van der Waals surface area contributed by atoms with Crippen molar-refractivity contribution in [3.8, 4) is 0 Å². The SMILES string of the molecule is CO/C=C(/C=C\C=C/I)C1c2ccccc2CCN1C(=O)CNC[C@H](O)COC. The lowest BCUT2D eigenvalue weighted by Crippen LogP contribution is -2.46. The third kappa shape index (κ3) is 6.95. The zero-order valence-electron chi connectivity index (χ0n) is 16.9. The van der Waals surface area contributed by atoms with E-state index in [1.165, 1.54) is 12.7 Å². The quantitative estimate of drug-likeness (QED) is 0.287. The number of rotatable bonds is 10. The molecule has 1 aliphatic heterocycles. The number of benzene rings is 1. The Labute approximate surface area is 186 Å². The van der Waals surface area contributed by atoms with Gasteiger partial charge in [0.1, 0.15) is 0 Å². The van der Waals surface area contributed by atoms with Crippen molar-refractivity contribution in [3.05, 3.63) is 69.5 Å². The minimum Gasteiger partial charge on any atom is -0.504 e. The molecule has 1 unspecified atom stereocenters. The van der Waals surface area contributed by atoms with Gasteiger partial charge in [0.2, 0.25) is 5.91 Å². The smallest absolute Gasteiger partial charge is 0.237 e. The van der Waals surface area contributed by atoms with Crippen molar-refractivity contribution < 1.29 is 19.4 Å². The number of carbonyl (C=O) groups is 1. The van der Waals surface area contributed by atoms with E-state index in [4.69, 9.17) is 9.47 Å². The van der Waals surface area contributed by atoms with Crippen LogP contribution in [-0.4, -0.2) is 62.5 Å². The van der Waals surface area contributed by atoms with Gasteiger partial charge in [0, 0.05) is 25.8 Å². The topological polar surface area (TPSA) is 71.0 Å². The Balaban J connectivity index is 2.25. The number of halogens is 1. The van der Waals surface area contributed by atoms with Crippen LogP contribution in [0.4, 0.5) is 0 Å². The lowest BCUT2D eigenvalue weighted by Gasteiger charge is -2.38. The predicted octanol–water partition coefficient (Wildman–Crippen LogP) is 2.74. The molecular weight excluding hydrogens is 483 g/mol. The zero-order chi connectivity index (χ0) is 21.1. The van der Waals surface area contributed by atoms with Crippen molar-refractivity contribution in [1.82, 2.24) is 10.2 Å². The normalized spacial score (nSPS) is 18.3. The predicted molar refractivity (Wildman–Crippen MR) is 123 cm³/mol. The number of fused-ring (bicyclic) bond motifs is 1. The molecule has 0 saturated heterocycles. The molecule has 0 bridgehead atoms. The van der Waals surface area contributed by atoms with Crippen molar-refractivity contribution >= 4 is 28.5 Å². The second-order valence-corrected chi connectivity index (χ2v) is 7.43. The Morgan fingerprint density at radius 2 is 2.17 bits per heavy atom. The Bertz CT molecular complexity index is 748. The fraction of sp³-hybridized carbons (Fsp3) is 0.409. The van der Waals surface area contributed by atoms with Gasteiger partial charge >= 0.3 is 0 Å². The van der Waals surface area contributed by atoms with Crippen LogP contribution in [0.1, 0.15) is 17.2 Å². The highest BCUT2D eigenvalue weighted by molar-refractivity contribution is 14.1. The molecule has 0 aromatic heterocycles. The summed E-state index contributed by atoms with van der Waals surface area (Å²) in [5.74, 6) is -0.0195. The van der Waals surface area contributed by atoms with Crippen molar-refractivity contribution in [2.45, 2.75) is 18.6 Å². The van der Waals surface area contributed by atoms with Crippen LogP contribution < -0.4 is 5.32 Å². The monoisotopic (exact) mass is 512 g/mol. The highest BCUT2D eigenvalue weighted by atomic mass is 127. The first-order valence-electron chi connectivity index (χ1n) is 9.53.